The van der Waals surface area contributed by atoms with Gasteiger partial charge >= 0.3 is 0 Å². The Bertz CT molecular complexity index is 591. The Morgan fingerprint density at radius 3 is 2.33 bits per heavy atom. The molecular weight excluding hydrogens is 368 g/mol. The van der Waals surface area contributed by atoms with Crippen molar-refractivity contribution in [1.29, 1.82) is 0 Å². The van der Waals surface area contributed by atoms with Crippen LogP contribution >= 0.6 is 38.6 Å². The molecule has 7 heteroatoms. The maximum atomic E-state index is 4.73. The van der Waals surface area contributed by atoms with E-state index in [1.54, 1.807) is 22.7 Å². The van der Waals surface area contributed by atoms with Crippen molar-refractivity contribution in [3.05, 3.63) is 3.92 Å². The van der Waals surface area contributed by atoms with Crippen LogP contribution in [-0.4, -0.2) is 46.6 Å². The van der Waals surface area contributed by atoms with Crippen LogP contribution in [0.4, 0.5) is 5.13 Å². The van der Waals surface area contributed by atoms with Crippen molar-refractivity contribution in [2.24, 2.45) is 0 Å². The van der Waals surface area contributed by atoms with E-state index in [4.69, 9.17) is 4.98 Å². The zero-order valence-corrected chi connectivity index (χ0v) is 16.1. The number of thiazole rings is 2. The van der Waals surface area contributed by atoms with Gasteiger partial charge in [-0.05, 0) is 49.5 Å². The minimum absolute atomic E-state index is 0.281. The van der Waals surface area contributed by atoms with E-state index in [0.717, 1.165) is 18.7 Å². The minimum Gasteiger partial charge on any atom is -0.348 e. The highest BCUT2D eigenvalue weighted by Gasteiger charge is 2.29. The van der Waals surface area contributed by atoms with E-state index in [-0.39, 0.29) is 5.54 Å². The zero-order valence-electron chi connectivity index (χ0n) is 12.9. The number of halogens is 1. The van der Waals surface area contributed by atoms with Gasteiger partial charge in [-0.2, -0.15) is 0 Å². The Morgan fingerprint density at radius 2 is 1.76 bits per heavy atom. The Morgan fingerprint density at radius 1 is 1.14 bits per heavy atom. The molecule has 0 amide bonds. The van der Waals surface area contributed by atoms with E-state index < -0.39 is 0 Å². The third-order valence-electron chi connectivity index (χ3n) is 4.20. The third-order valence-corrected chi connectivity index (χ3v) is 6.77. The lowest BCUT2D eigenvalue weighted by molar-refractivity contribution is 0.102. The van der Waals surface area contributed by atoms with Gasteiger partial charge in [0.2, 0.25) is 0 Å². The largest absolute Gasteiger partial charge is 0.348 e. The van der Waals surface area contributed by atoms with Crippen LogP contribution in [0.3, 0.4) is 0 Å². The third kappa shape index (κ3) is 3.25. The number of nitrogens with zero attached hydrogens (tertiary/aromatic N) is 4. The van der Waals surface area contributed by atoms with Gasteiger partial charge in [0.05, 0.1) is 0 Å². The molecule has 21 heavy (non-hydrogen) atoms. The predicted octanol–water partition coefficient (Wildman–Crippen LogP) is 4.21. The molecule has 0 saturated carbocycles. The molecular formula is C14H21BrN4S2. The average molecular weight is 389 g/mol. The number of hydrogen-bond donors (Lipinski definition) is 0. The summed E-state index contributed by atoms with van der Waals surface area (Å²) >= 11 is 6.73. The molecule has 0 spiro atoms. The molecule has 1 saturated heterocycles. The van der Waals surface area contributed by atoms with Gasteiger partial charge in [-0.1, -0.05) is 22.7 Å². The van der Waals surface area contributed by atoms with Gasteiger partial charge in [-0.25, -0.2) is 9.97 Å². The smallest absolute Gasteiger partial charge is 0.188 e. The molecule has 0 aromatic carbocycles. The molecule has 1 fully saturated rings. The van der Waals surface area contributed by atoms with Gasteiger partial charge in [0.25, 0.3) is 0 Å². The topological polar surface area (TPSA) is 32.3 Å². The average Bonchev–Trinajstić information content (AvgIpc) is 2.94. The molecule has 0 atom stereocenters. The molecule has 0 N–H and O–H groups in total. The maximum absolute atomic E-state index is 4.73. The molecule has 3 heterocycles. The zero-order chi connectivity index (χ0) is 15.2. The van der Waals surface area contributed by atoms with Gasteiger partial charge in [-0.3, -0.25) is 4.90 Å². The monoisotopic (exact) mass is 388 g/mol. The van der Waals surface area contributed by atoms with Crippen molar-refractivity contribution in [3.8, 4) is 0 Å². The number of likely N-dealkylation sites (tertiary alicyclic amines) is 1. The van der Waals surface area contributed by atoms with Crippen LogP contribution in [0.1, 0.15) is 33.6 Å². The summed E-state index contributed by atoms with van der Waals surface area (Å²) in [6.07, 6.45) is 2.41. The first-order chi connectivity index (χ1) is 9.84. The Balaban J connectivity index is 1.68. The summed E-state index contributed by atoms with van der Waals surface area (Å²) in [5.41, 5.74) is 0.281. The summed E-state index contributed by atoms with van der Waals surface area (Å²) in [6, 6.07) is 0.590. The van der Waals surface area contributed by atoms with E-state index in [9.17, 15) is 0 Å². The van der Waals surface area contributed by atoms with Crippen molar-refractivity contribution in [2.45, 2.75) is 45.2 Å². The van der Waals surface area contributed by atoms with E-state index in [1.165, 1.54) is 25.9 Å². The number of hydrogen-bond acceptors (Lipinski definition) is 6. The lowest BCUT2D eigenvalue weighted by Gasteiger charge is -2.43. The summed E-state index contributed by atoms with van der Waals surface area (Å²) < 4.78 is 0.920. The second-order valence-corrected chi connectivity index (χ2v) is 9.78. The molecule has 3 rings (SSSR count). The molecule has 0 bridgehead atoms. The fraction of sp³-hybridized carbons (Fsp3) is 0.714. The summed E-state index contributed by atoms with van der Waals surface area (Å²) in [7, 11) is 2.18. The lowest BCUT2D eigenvalue weighted by atomic mass is 9.97. The number of aromatic nitrogens is 2. The second kappa shape index (κ2) is 5.76. The van der Waals surface area contributed by atoms with Crippen LogP contribution in [0.5, 0.6) is 0 Å². The summed E-state index contributed by atoms with van der Waals surface area (Å²) in [5, 5.41) is 1.10. The molecule has 2 aromatic rings. The highest BCUT2D eigenvalue weighted by molar-refractivity contribution is 9.11. The Labute approximate surface area is 142 Å². The van der Waals surface area contributed by atoms with E-state index in [1.807, 2.05) is 0 Å². The number of anilines is 1. The van der Waals surface area contributed by atoms with Crippen LogP contribution < -0.4 is 4.90 Å². The van der Waals surface area contributed by atoms with E-state index in [0.29, 0.717) is 6.04 Å². The highest BCUT2D eigenvalue weighted by Crippen LogP contribution is 2.35. The van der Waals surface area contributed by atoms with Crippen molar-refractivity contribution in [3.63, 3.8) is 0 Å². The first kappa shape index (κ1) is 15.6. The molecule has 2 aromatic heterocycles. The fourth-order valence-electron chi connectivity index (χ4n) is 2.84. The molecule has 0 aliphatic carbocycles. The summed E-state index contributed by atoms with van der Waals surface area (Å²) in [4.78, 5) is 16.2. The second-order valence-electron chi connectivity index (χ2n) is 6.57. The van der Waals surface area contributed by atoms with Gasteiger partial charge in [0.1, 0.15) is 0 Å². The van der Waals surface area contributed by atoms with E-state index in [2.05, 4.69) is 58.5 Å². The SMILES string of the molecule is CN(c1nc2sc(Br)nc2s1)C1CCN(C(C)(C)C)CC1. The number of piperidine rings is 1. The van der Waals surface area contributed by atoms with Crippen molar-refractivity contribution < 1.29 is 0 Å². The summed E-state index contributed by atoms with van der Waals surface area (Å²) in [6.45, 7) is 9.24. The van der Waals surface area contributed by atoms with Crippen LogP contribution in [0.15, 0.2) is 3.92 Å². The van der Waals surface area contributed by atoms with Crippen LogP contribution in [0.2, 0.25) is 0 Å². The van der Waals surface area contributed by atoms with Crippen LogP contribution in [0, 0.1) is 0 Å². The van der Waals surface area contributed by atoms with Crippen molar-refractivity contribution in [2.75, 3.05) is 25.0 Å². The predicted molar refractivity (Wildman–Crippen MR) is 95.7 cm³/mol. The first-order valence-electron chi connectivity index (χ1n) is 7.25. The summed E-state index contributed by atoms with van der Waals surface area (Å²) in [5.74, 6) is 0. The van der Waals surface area contributed by atoms with Gasteiger partial charge < -0.3 is 4.90 Å². The molecule has 0 unspecified atom stereocenters. The quantitative estimate of drug-likeness (QED) is 0.770. The lowest BCUT2D eigenvalue weighted by Crippen LogP contribution is -2.50. The molecule has 1 aliphatic heterocycles. The van der Waals surface area contributed by atoms with Gasteiger partial charge in [0, 0.05) is 31.7 Å². The molecule has 1 aliphatic rings. The number of fused-ring (bicyclic) bond motifs is 1. The van der Waals surface area contributed by atoms with Crippen molar-refractivity contribution in [1.82, 2.24) is 14.9 Å². The highest BCUT2D eigenvalue weighted by atomic mass is 79.9. The molecule has 0 radical (unpaired) electrons. The van der Waals surface area contributed by atoms with Gasteiger partial charge in [0.15, 0.2) is 18.7 Å². The molecule has 116 valence electrons. The first-order valence-corrected chi connectivity index (χ1v) is 9.68. The molecule has 4 nitrogen and oxygen atoms in total. The van der Waals surface area contributed by atoms with E-state index >= 15 is 0 Å². The van der Waals surface area contributed by atoms with Gasteiger partial charge in [-0.15, -0.1) is 0 Å². The normalized spacial score (nSPS) is 18.5. The van der Waals surface area contributed by atoms with Crippen LogP contribution in [-0.2, 0) is 0 Å². The Hall–Kier alpha value is -0.240. The minimum atomic E-state index is 0.281. The standard InChI is InChI=1S/C14H21BrN4S2/c1-14(2,3)19-7-5-9(6-8-19)18(4)13-17-11-10(21-13)16-12(15)20-11/h9H,5-8H2,1-4H3. The number of rotatable bonds is 2. The fourth-order valence-corrected chi connectivity index (χ4v) is 5.39. The van der Waals surface area contributed by atoms with Crippen LogP contribution in [0.25, 0.3) is 9.66 Å². The van der Waals surface area contributed by atoms with Crippen molar-refractivity contribution >= 4 is 53.4 Å². The maximum Gasteiger partial charge on any atom is 0.188 e. The Kier molecular flexibility index (Phi) is 4.29.